The van der Waals surface area contributed by atoms with Crippen LogP contribution in [0.2, 0.25) is 5.02 Å². The predicted octanol–water partition coefficient (Wildman–Crippen LogP) is 4.36. The van der Waals surface area contributed by atoms with E-state index in [1.54, 1.807) is 0 Å². The van der Waals surface area contributed by atoms with E-state index in [1.807, 2.05) is 41.3 Å². The molecule has 1 saturated heterocycles. The Kier molecular flexibility index (Phi) is 4.47. The minimum absolute atomic E-state index is 0.0979. The molecular weight excluding hydrogens is 376 g/mol. The number of oxazole rings is 1. The molecule has 0 spiro atoms. The SMILES string of the molecule is O=C(Cc1cc(Cl)cc2c1OCC2)N1CCCC(c2nc3ccccc3o2)C1. The summed E-state index contributed by atoms with van der Waals surface area (Å²) >= 11 is 6.24. The number of para-hydroxylation sites is 2. The molecule has 28 heavy (non-hydrogen) atoms. The summed E-state index contributed by atoms with van der Waals surface area (Å²) in [4.78, 5) is 19.6. The van der Waals surface area contributed by atoms with Crippen molar-refractivity contribution in [3.63, 3.8) is 0 Å². The second-order valence-electron chi connectivity index (χ2n) is 7.53. The van der Waals surface area contributed by atoms with Crippen molar-refractivity contribution in [2.75, 3.05) is 19.7 Å². The number of ether oxygens (including phenoxy) is 1. The number of piperidine rings is 1. The molecule has 0 bridgehead atoms. The van der Waals surface area contributed by atoms with Crippen molar-refractivity contribution in [2.45, 2.75) is 31.6 Å². The zero-order valence-electron chi connectivity index (χ0n) is 15.5. The average Bonchev–Trinajstić information content (AvgIpc) is 3.34. The highest BCUT2D eigenvalue weighted by Crippen LogP contribution is 2.34. The fraction of sp³-hybridized carbons (Fsp3) is 0.364. The van der Waals surface area contributed by atoms with Crippen LogP contribution in [0.5, 0.6) is 5.75 Å². The first-order valence-corrected chi connectivity index (χ1v) is 10.1. The van der Waals surface area contributed by atoms with Crippen molar-refractivity contribution in [3.8, 4) is 5.75 Å². The summed E-state index contributed by atoms with van der Waals surface area (Å²) in [6, 6.07) is 11.6. The first-order chi connectivity index (χ1) is 13.7. The number of fused-ring (bicyclic) bond motifs is 2. The van der Waals surface area contributed by atoms with Gasteiger partial charge >= 0.3 is 0 Å². The van der Waals surface area contributed by atoms with E-state index in [-0.39, 0.29) is 11.8 Å². The molecule has 5 rings (SSSR count). The highest BCUT2D eigenvalue weighted by Gasteiger charge is 2.29. The van der Waals surface area contributed by atoms with E-state index in [4.69, 9.17) is 20.8 Å². The van der Waals surface area contributed by atoms with Crippen molar-refractivity contribution in [1.82, 2.24) is 9.88 Å². The van der Waals surface area contributed by atoms with Gasteiger partial charge in [0.25, 0.3) is 0 Å². The Balaban J connectivity index is 1.33. The molecule has 6 heteroatoms. The molecule has 2 aliphatic heterocycles. The van der Waals surface area contributed by atoms with E-state index in [0.29, 0.717) is 24.6 Å². The highest BCUT2D eigenvalue weighted by atomic mass is 35.5. The molecule has 1 amide bonds. The third-order valence-electron chi connectivity index (χ3n) is 5.60. The van der Waals surface area contributed by atoms with Crippen molar-refractivity contribution >= 4 is 28.6 Å². The number of amides is 1. The van der Waals surface area contributed by atoms with Crippen LogP contribution in [0.4, 0.5) is 0 Å². The van der Waals surface area contributed by atoms with Gasteiger partial charge in [-0.2, -0.15) is 0 Å². The summed E-state index contributed by atoms with van der Waals surface area (Å²) in [6.07, 6.45) is 3.08. The van der Waals surface area contributed by atoms with Gasteiger partial charge in [0.15, 0.2) is 11.5 Å². The molecule has 144 valence electrons. The Labute approximate surface area is 168 Å². The molecule has 1 fully saturated rings. The molecule has 5 nitrogen and oxygen atoms in total. The Morgan fingerprint density at radius 3 is 3.07 bits per heavy atom. The Hall–Kier alpha value is -2.53. The summed E-state index contributed by atoms with van der Waals surface area (Å²) in [5, 5.41) is 0.662. The van der Waals surface area contributed by atoms with E-state index >= 15 is 0 Å². The van der Waals surface area contributed by atoms with Crippen LogP contribution in [0.3, 0.4) is 0 Å². The number of aromatic nitrogens is 1. The summed E-state index contributed by atoms with van der Waals surface area (Å²) in [7, 11) is 0. The van der Waals surface area contributed by atoms with E-state index in [9.17, 15) is 4.79 Å². The molecule has 3 heterocycles. The molecule has 2 aromatic carbocycles. The van der Waals surface area contributed by atoms with Gasteiger partial charge in [-0.25, -0.2) is 4.98 Å². The fourth-order valence-electron chi connectivity index (χ4n) is 4.22. The van der Waals surface area contributed by atoms with Crippen molar-refractivity contribution in [1.29, 1.82) is 0 Å². The highest BCUT2D eigenvalue weighted by molar-refractivity contribution is 6.30. The van der Waals surface area contributed by atoms with Crippen LogP contribution in [0.15, 0.2) is 40.8 Å². The van der Waals surface area contributed by atoms with Crippen LogP contribution in [-0.4, -0.2) is 35.5 Å². The first kappa shape index (κ1) is 17.6. The number of halogens is 1. The number of rotatable bonds is 3. The second-order valence-corrected chi connectivity index (χ2v) is 7.96. The number of carbonyl (C=O) groups excluding carboxylic acids is 1. The number of nitrogens with zero attached hydrogens (tertiary/aromatic N) is 2. The van der Waals surface area contributed by atoms with Crippen LogP contribution in [0.1, 0.15) is 35.8 Å². The van der Waals surface area contributed by atoms with Crippen molar-refractivity contribution in [2.24, 2.45) is 0 Å². The molecule has 2 aliphatic rings. The minimum Gasteiger partial charge on any atom is -0.493 e. The van der Waals surface area contributed by atoms with Crippen LogP contribution < -0.4 is 4.74 Å². The zero-order valence-corrected chi connectivity index (χ0v) is 16.2. The average molecular weight is 397 g/mol. The quantitative estimate of drug-likeness (QED) is 0.659. The van der Waals surface area contributed by atoms with Crippen molar-refractivity contribution < 1.29 is 13.9 Å². The minimum atomic E-state index is 0.0979. The van der Waals surface area contributed by atoms with Gasteiger partial charge in [-0.15, -0.1) is 0 Å². The van der Waals surface area contributed by atoms with Gasteiger partial charge in [0.05, 0.1) is 18.9 Å². The molecule has 0 N–H and O–H groups in total. The molecule has 1 atom stereocenters. The molecule has 1 aromatic heterocycles. The van der Waals surface area contributed by atoms with Gasteiger partial charge in [0.2, 0.25) is 5.91 Å². The van der Waals surface area contributed by atoms with Crippen LogP contribution in [-0.2, 0) is 17.6 Å². The Morgan fingerprint density at radius 2 is 2.18 bits per heavy atom. The molecule has 1 unspecified atom stereocenters. The van der Waals surface area contributed by atoms with Crippen LogP contribution >= 0.6 is 11.6 Å². The molecule has 3 aromatic rings. The zero-order chi connectivity index (χ0) is 19.1. The number of likely N-dealkylation sites (tertiary alicyclic amines) is 1. The van der Waals surface area contributed by atoms with Gasteiger partial charge in [-0.05, 0) is 42.7 Å². The van der Waals surface area contributed by atoms with Crippen molar-refractivity contribution in [3.05, 3.63) is 58.4 Å². The topological polar surface area (TPSA) is 55.6 Å². The molecule has 0 aliphatic carbocycles. The summed E-state index contributed by atoms with van der Waals surface area (Å²) in [6.45, 7) is 2.05. The number of hydrogen-bond donors (Lipinski definition) is 0. The van der Waals surface area contributed by atoms with Gasteiger partial charge < -0.3 is 14.1 Å². The number of carbonyl (C=O) groups is 1. The lowest BCUT2D eigenvalue weighted by Gasteiger charge is -2.31. The maximum atomic E-state index is 13.0. The largest absolute Gasteiger partial charge is 0.493 e. The third-order valence-corrected chi connectivity index (χ3v) is 5.82. The summed E-state index contributed by atoms with van der Waals surface area (Å²) < 4.78 is 11.7. The number of hydrogen-bond acceptors (Lipinski definition) is 4. The maximum absolute atomic E-state index is 13.0. The summed E-state index contributed by atoms with van der Waals surface area (Å²) in [5.41, 5.74) is 3.65. The van der Waals surface area contributed by atoms with Crippen LogP contribution in [0.25, 0.3) is 11.1 Å². The van der Waals surface area contributed by atoms with Gasteiger partial charge in [-0.3, -0.25) is 4.79 Å². The lowest BCUT2D eigenvalue weighted by Crippen LogP contribution is -2.40. The standard InChI is InChI=1S/C22H21ClN2O3/c23-17-10-14-7-9-27-21(14)16(11-17)12-20(26)25-8-3-4-15(13-25)22-24-18-5-1-2-6-19(18)28-22/h1-2,5-6,10-11,15H,3-4,7-9,12-13H2. The van der Waals surface area contributed by atoms with Gasteiger partial charge in [0.1, 0.15) is 11.3 Å². The first-order valence-electron chi connectivity index (χ1n) is 9.75. The maximum Gasteiger partial charge on any atom is 0.227 e. The third kappa shape index (κ3) is 3.24. The molecular formula is C22H21ClN2O3. The van der Waals surface area contributed by atoms with E-state index in [2.05, 4.69) is 4.98 Å². The Morgan fingerprint density at radius 1 is 1.29 bits per heavy atom. The lowest BCUT2D eigenvalue weighted by molar-refractivity contribution is -0.131. The van der Waals surface area contributed by atoms with E-state index in [0.717, 1.165) is 59.7 Å². The lowest BCUT2D eigenvalue weighted by atomic mass is 9.97. The summed E-state index contributed by atoms with van der Waals surface area (Å²) in [5.74, 6) is 1.79. The normalized spacial score (nSPS) is 18.9. The molecule has 0 radical (unpaired) electrons. The fourth-order valence-corrected chi connectivity index (χ4v) is 4.49. The van der Waals surface area contributed by atoms with E-state index < -0.39 is 0 Å². The smallest absolute Gasteiger partial charge is 0.227 e. The van der Waals surface area contributed by atoms with Gasteiger partial charge in [0, 0.05) is 30.1 Å². The van der Waals surface area contributed by atoms with E-state index in [1.165, 1.54) is 0 Å². The van der Waals surface area contributed by atoms with Gasteiger partial charge in [-0.1, -0.05) is 23.7 Å². The molecule has 0 saturated carbocycles. The second kappa shape index (κ2) is 7.13. The number of benzene rings is 2. The monoisotopic (exact) mass is 396 g/mol. The van der Waals surface area contributed by atoms with Crippen LogP contribution in [0, 0.1) is 0 Å². The Bertz CT molecular complexity index is 1010. The predicted molar refractivity (Wildman–Crippen MR) is 107 cm³/mol.